The highest BCUT2D eigenvalue weighted by atomic mass is 79.9. The van der Waals surface area contributed by atoms with E-state index in [1.165, 1.54) is 0 Å². The average Bonchev–Trinajstić information content (AvgIpc) is 2.76. The maximum atomic E-state index is 13.7. The minimum Gasteiger partial charge on any atom is -0.355 e. The summed E-state index contributed by atoms with van der Waals surface area (Å²) in [7, 11) is 0. The summed E-state index contributed by atoms with van der Waals surface area (Å²) in [5.41, 5.74) is 5.21. The van der Waals surface area contributed by atoms with Crippen LogP contribution in [0.5, 0.6) is 0 Å². The van der Waals surface area contributed by atoms with E-state index in [0.29, 0.717) is 19.5 Å². The first kappa shape index (κ1) is 24.7. The van der Waals surface area contributed by atoms with Gasteiger partial charge in [-0.25, -0.2) is 0 Å². The fourth-order valence-electron chi connectivity index (χ4n) is 4.13. The molecule has 5 heteroatoms. The van der Waals surface area contributed by atoms with Gasteiger partial charge >= 0.3 is 0 Å². The van der Waals surface area contributed by atoms with Gasteiger partial charge in [-0.2, -0.15) is 0 Å². The molecule has 0 heterocycles. The molecule has 0 aromatic heterocycles. The van der Waals surface area contributed by atoms with E-state index in [4.69, 9.17) is 0 Å². The van der Waals surface area contributed by atoms with Crippen LogP contribution in [0.1, 0.15) is 34.7 Å². The zero-order valence-corrected chi connectivity index (χ0v) is 21.1. The molecule has 0 saturated heterocycles. The van der Waals surface area contributed by atoms with Crippen LogP contribution >= 0.6 is 15.9 Å². The molecule has 0 aliphatic heterocycles. The van der Waals surface area contributed by atoms with Gasteiger partial charge < -0.3 is 10.2 Å². The molecule has 0 aliphatic rings. The average molecular weight is 507 g/mol. The van der Waals surface area contributed by atoms with Gasteiger partial charge in [0, 0.05) is 24.0 Å². The lowest BCUT2D eigenvalue weighted by atomic mass is 10.0. The summed E-state index contributed by atoms with van der Waals surface area (Å²) in [6.45, 7) is 6.84. The van der Waals surface area contributed by atoms with Crippen molar-refractivity contribution in [1.29, 1.82) is 0 Å². The van der Waals surface area contributed by atoms with Crippen molar-refractivity contribution in [2.75, 3.05) is 6.54 Å². The number of nitrogens with zero attached hydrogens (tertiary/aromatic N) is 1. The quantitative estimate of drug-likeness (QED) is 0.423. The van der Waals surface area contributed by atoms with E-state index in [0.717, 1.165) is 32.3 Å². The van der Waals surface area contributed by atoms with Crippen LogP contribution in [0.15, 0.2) is 77.3 Å². The molecule has 3 aromatic rings. The first-order valence-electron chi connectivity index (χ1n) is 11.3. The molecular weight excluding hydrogens is 476 g/mol. The lowest BCUT2D eigenvalue weighted by Crippen LogP contribution is -2.50. The molecule has 0 saturated carbocycles. The molecule has 0 fully saturated rings. The lowest BCUT2D eigenvalue weighted by Gasteiger charge is -2.31. The lowest BCUT2D eigenvalue weighted by molar-refractivity contribution is -0.140. The number of benzene rings is 3. The van der Waals surface area contributed by atoms with E-state index in [9.17, 15) is 9.59 Å². The molecule has 0 spiro atoms. The van der Waals surface area contributed by atoms with Crippen molar-refractivity contribution in [3.8, 4) is 0 Å². The molecule has 4 nitrogen and oxygen atoms in total. The molecule has 1 atom stereocenters. The van der Waals surface area contributed by atoms with Gasteiger partial charge in [-0.3, -0.25) is 9.59 Å². The number of rotatable bonds is 9. The number of aryl methyl sites for hydroxylation is 2. The van der Waals surface area contributed by atoms with E-state index in [1.54, 1.807) is 4.90 Å². The molecule has 0 bridgehead atoms. The van der Waals surface area contributed by atoms with E-state index in [1.807, 2.05) is 87.5 Å². The van der Waals surface area contributed by atoms with Crippen LogP contribution in [0, 0.1) is 13.8 Å². The molecule has 0 aliphatic carbocycles. The zero-order chi connectivity index (χ0) is 23.8. The first-order chi connectivity index (χ1) is 15.9. The first-order valence-corrected chi connectivity index (χ1v) is 12.1. The topological polar surface area (TPSA) is 49.4 Å². The standard InChI is InChI=1S/C28H31BrN2O2/c1-4-30-28(33)26(17-22-9-6-5-7-10-22)31(19-23-11-8-12-25(29)16-23)27(32)18-24-14-20(2)13-21(3)15-24/h5-16,26H,4,17-19H2,1-3H3,(H,30,33)/t26-/m1/s1. The Balaban J connectivity index is 1.97. The van der Waals surface area contributed by atoms with Crippen molar-refractivity contribution in [3.05, 3.63) is 105 Å². The van der Waals surface area contributed by atoms with Crippen LogP contribution in [-0.2, 0) is 29.0 Å². The van der Waals surface area contributed by atoms with Gasteiger partial charge in [0.1, 0.15) is 6.04 Å². The third-order valence-corrected chi connectivity index (χ3v) is 5.99. The highest BCUT2D eigenvalue weighted by molar-refractivity contribution is 9.10. The SMILES string of the molecule is CCNC(=O)[C@@H](Cc1ccccc1)N(Cc1cccc(Br)c1)C(=O)Cc1cc(C)cc(C)c1. The molecule has 33 heavy (non-hydrogen) atoms. The van der Waals surface area contributed by atoms with E-state index in [-0.39, 0.29) is 18.2 Å². The Bertz CT molecular complexity index is 1080. The van der Waals surface area contributed by atoms with Crippen LogP contribution in [0.2, 0.25) is 0 Å². The normalized spacial score (nSPS) is 11.6. The minimum absolute atomic E-state index is 0.0628. The third kappa shape index (κ3) is 7.29. The van der Waals surface area contributed by atoms with Gasteiger partial charge in [0.2, 0.25) is 11.8 Å². The van der Waals surface area contributed by atoms with Crippen molar-refractivity contribution in [1.82, 2.24) is 10.2 Å². The monoisotopic (exact) mass is 506 g/mol. The maximum Gasteiger partial charge on any atom is 0.243 e. The van der Waals surface area contributed by atoms with Crippen molar-refractivity contribution in [2.45, 2.75) is 46.2 Å². The van der Waals surface area contributed by atoms with Crippen LogP contribution in [0.4, 0.5) is 0 Å². The van der Waals surface area contributed by atoms with E-state index < -0.39 is 6.04 Å². The summed E-state index contributed by atoms with van der Waals surface area (Å²) in [6.07, 6.45) is 0.709. The van der Waals surface area contributed by atoms with Gasteiger partial charge in [-0.1, -0.05) is 87.7 Å². The Labute approximate surface area is 205 Å². The predicted molar refractivity (Wildman–Crippen MR) is 137 cm³/mol. The summed E-state index contributed by atoms with van der Waals surface area (Å²) in [5.74, 6) is -0.197. The van der Waals surface area contributed by atoms with Crippen molar-refractivity contribution < 1.29 is 9.59 Å². The van der Waals surface area contributed by atoms with Crippen LogP contribution in [0.25, 0.3) is 0 Å². The summed E-state index contributed by atoms with van der Waals surface area (Å²) in [4.78, 5) is 28.6. The number of halogens is 1. The number of carbonyl (C=O) groups is 2. The smallest absolute Gasteiger partial charge is 0.243 e. The predicted octanol–water partition coefficient (Wildman–Crippen LogP) is 5.38. The molecule has 2 amide bonds. The van der Waals surface area contributed by atoms with Gasteiger partial charge in [0.15, 0.2) is 0 Å². The van der Waals surface area contributed by atoms with E-state index >= 15 is 0 Å². The summed E-state index contributed by atoms with van der Waals surface area (Å²) >= 11 is 3.52. The number of hydrogen-bond donors (Lipinski definition) is 1. The van der Waals surface area contributed by atoms with Gasteiger partial charge in [-0.15, -0.1) is 0 Å². The number of hydrogen-bond acceptors (Lipinski definition) is 2. The van der Waals surface area contributed by atoms with Gasteiger partial charge in [0.25, 0.3) is 0 Å². The largest absolute Gasteiger partial charge is 0.355 e. The second-order valence-corrected chi connectivity index (χ2v) is 9.34. The number of nitrogens with one attached hydrogen (secondary N) is 1. The summed E-state index contributed by atoms with van der Waals surface area (Å²) < 4.78 is 0.944. The number of carbonyl (C=O) groups excluding carboxylic acids is 2. The highest BCUT2D eigenvalue weighted by Gasteiger charge is 2.30. The Morgan fingerprint density at radius 2 is 1.55 bits per heavy atom. The highest BCUT2D eigenvalue weighted by Crippen LogP contribution is 2.19. The maximum absolute atomic E-state index is 13.7. The Hall–Kier alpha value is -2.92. The van der Waals surface area contributed by atoms with E-state index in [2.05, 4.69) is 27.3 Å². The fraction of sp³-hybridized carbons (Fsp3) is 0.286. The second kappa shape index (κ2) is 11.8. The molecule has 172 valence electrons. The number of likely N-dealkylation sites (N-methyl/N-ethyl adjacent to an activating group) is 1. The molecule has 0 unspecified atom stereocenters. The second-order valence-electron chi connectivity index (χ2n) is 8.42. The zero-order valence-electron chi connectivity index (χ0n) is 19.5. The molecule has 1 N–H and O–H groups in total. The van der Waals surface area contributed by atoms with Crippen molar-refractivity contribution in [3.63, 3.8) is 0 Å². The molecule has 3 rings (SSSR count). The van der Waals surface area contributed by atoms with Crippen molar-refractivity contribution in [2.24, 2.45) is 0 Å². The Kier molecular flexibility index (Phi) is 8.84. The van der Waals surface area contributed by atoms with Crippen LogP contribution < -0.4 is 5.32 Å². The number of amides is 2. The third-order valence-electron chi connectivity index (χ3n) is 5.50. The summed E-state index contributed by atoms with van der Waals surface area (Å²) in [5, 5.41) is 2.94. The molecule has 3 aromatic carbocycles. The van der Waals surface area contributed by atoms with Gasteiger partial charge in [0.05, 0.1) is 6.42 Å². The molecular formula is C28H31BrN2O2. The van der Waals surface area contributed by atoms with Crippen LogP contribution in [-0.4, -0.2) is 29.3 Å². The molecule has 0 radical (unpaired) electrons. The van der Waals surface area contributed by atoms with Gasteiger partial charge in [-0.05, 0) is 49.6 Å². The minimum atomic E-state index is -0.607. The fourth-order valence-corrected chi connectivity index (χ4v) is 4.57. The van der Waals surface area contributed by atoms with Crippen LogP contribution in [0.3, 0.4) is 0 Å². The van der Waals surface area contributed by atoms with Crippen molar-refractivity contribution >= 4 is 27.7 Å². The summed E-state index contributed by atoms with van der Waals surface area (Å²) in [6, 6.07) is 23.3. The Morgan fingerprint density at radius 3 is 2.18 bits per heavy atom. The Morgan fingerprint density at radius 1 is 0.879 bits per heavy atom.